The van der Waals surface area contributed by atoms with Crippen LogP contribution in [-0.2, 0) is 53.0 Å². The van der Waals surface area contributed by atoms with Crippen LogP contribution in [0.4, 0.5) is 4.79 Å². The Morgan fingerprint density at radius 2 is 1.48 bits per heavy atom. The number of ether oxygens (including phenoxy) is 1. The Kier molecular flexibility index (Phi) is 21.9. The molecule has 2 saturated heterocycles. The monoisotopic (exact) mass is 969 g/mol. The molecule has 11 amide bonds. The predicted octanol–water partition coefficient (Wildman–Crippen LogP) is -3.80. The number of rotatable bonds is 29. The van der Waals surface area contributed by atoms with E-state index in [0.717, 1.165) is 37.7 Å². The second kappa shape index (κ2) is 26.7. The number of carbonyl (C=O) groups is 10. The van der Waals surface area contributed by atoms with Gasteiger partial charge in [0.25, 0.3) is 0 Å². The average molecular weight is 970 g/mol. The zero-order valence-electron chi connectivity index (χ0n) is 36.5. The second-order valence-electron chi connectivity index (χ2n) is 15.5. The van der Waals surface area contributed by atoms with Crippen LogP contribution in [0.3, 0.4) is 0 Å². The molecule has 1 unspecified atom stereocenters. The molecule has 0 radical (unpaired) electrons. The summed E-state index contributed by atoms with van der Waals surface area (Å²) in [6.45, 7) is 0.138. The van der Waals surface area contributed by atoms with Crippen molar-refractivity contribution in [2.45, 2.75) is 117 Å². The first-order chi connectivity index (χ1) is 31.2. The van der Waals surface area contributed by atoms with Gasteiger partial charge in [-0.05, 0) is 69.7 Å². The largest absolute Gasteiger partial charge is 0.497 e. The Morgan fingerprint density at radius 3 is 2.14 bits per heavy atom. The van der Waals surface area contributed by atoms with Gasteiger partial charge in [0.2, 0.25) is 53.2 Å². The summed E-state index contributed by atoms with van der Waals surface area (Å²) in [5.41, 5.74) is 11.9. The number of hydrogen-bond acceptors (Lipinski definition) is 15. The van der Waals surface area contributed by atoms with E-state index in [0.29, 0.717) is 43.2 Å². The van der Waals surface area contributed by atoms with Crippen LogP contribution in [0.2, 0.25) is 0 Å². The molecule has 0 aromatic heterocycles. The molecule has 27 heteroatoms. The van der Waals surface area contributed by atoms with E-state index in [1.165, 1.54) is 24.7 Å². The third-order valence-corrected chi connectivity index (χ3v) is 14.1. The SMILES string of the molecule is COc1ccc(S(=O)(=O)C(CC(=O)NO)C(=O)N[C@@H](C)C(=O)N[C@@H](CCC(N)=O)C(=O)NCC(=O)NCC(=O)N[C@@H](CCCCNC(=O)CCCC[C@@H]2SC[C@@H]3NC(=O)N[C@@H]32)C(N)=O)cc1. The predicted molar refractivity (Wildman–Crippen MR) is 234 cm³/mol. The van der Waals surface area contributed by atoms with E-state index in [-0.39, 0.29) is 41.8 Å². The Hall–Kier alpha value is -6.22. The van der Waals surface area contributed by atoms with Gasteiger partial charge in [0.1, 0.15) is 23.9 Å². The number of thioether (sulfide) groups is 1. The minimum Gasteiger partial charge on any atom is -0.497 e. The molecule has 0 spiro atoms. The Labute approximate surface area is 384 Å². The molecular formula is C39H59N11O14S2. The van der Waals surface area contributed by atoms with Gasteiger partial charge in [-0.25, -0.2) is 18.7 Å². The van der Waals surface area contributed by atoms with Crippen LogP contribution in [0.1, 0.15) is 71.1 Å². The fraction of sp³-hybridized carbons (Fsp3) is 0.590. The van der Waals surface area contributed by atoms with E-state index < -0.39 is 106 Å². The number of amides is 11. The van der Waals surface area contributed by atoms with Gasteiger partial charge in [-0.2, -0.15) is 11.8 Å². The van der Waals surface area contributed by atoms with Gasteiger partial charge >= 0.3 is 6.03 Å². The summed E-state index contributed by atoms with van der Waals surface area (Å²) in [6, 6.07) is 0.831. The van der Waals surface area contributed by atoms with Crippen molar-refractivity contribution < 1.29 is 66.3 Å². The van der Waals surface area contributed by atoms with Gasteiger partial charge < -0.3 is 58.7 Å². The number of sulfone groups is 1. The summed E-state index contributed by atoms with van der Waals surface area (Å²) in [5.74, 6) is -6.84. The molecule has 1 aromatic rings. The number of hydrogen-bond donors (Lipinski definition) is 12. The Bertz CT molecular complexity index is 2040. The van der Waals surface area contributed by atoms with E-state index >= 15 is 0 Å². The standard InChI is InChI=1S/C39H59N11O14S2/c1-21(45-38(59)28(17-31(53)50-61)66(62,63)23-12-10-22(64-2)11-13-23)36(57)47-25(14-15-29(40)51)37(58)44-18-32(54)43-19-33(55)46-24(35(41)56)7-5-6-16-42-30(52)9-4-3-8-27-34-26(20-65-27)48-39(60)49-34/h10-13,21,24-28,34,61H,3-9,14-20H2,1-2H3,(H2,40,51)(H2,41,56)(H,42,52)(H,43,54)(H,44,58)(H,45,59)(H,46,55)(H,47,57)(H,50,53)(H2,48,49,60)/t21-,24-,25-,26-,27-,28?,34-/m0/s1. The van der Waals surface area contributed by atoms with Crippen LogP contribution >= 0.6 is 11.8 Å². The maximum atomic E-state index is 13.4. The second-order valence-corrected chi connectivity index (χ2v) is 18.9. The normalized spacial score (nSPS) is 18.0. The molecule has 0 aliphatic carbocycles. The molecule has 2 heterocycles. The van der Waals surface area contributed by atoms with Gasteiger partial charge in [-0.3, -0.25) is 48.4 Å². The van der Waals surface area contributed by atoms with Crippen LogP contribution in [0, 0.1) is 0 Å². The van der Waals surface area contributed by atoms with E-state index in [1.54, 1.807) is 0 Å². The molecule has 66 heavy (non-hydrogen) atoms. The minimum atomic E-state index is -4.60. The molecule has 2 fully saturated rings. The van der Waals surface area contributed by atoms with E-state index in [2.05, 4.69) is 42.5 Å². The molecule has 1 aromatic carbocycles. The van der Waals surface area contributed by atoms with Crippen LogP contribution in [0.5, 0.6) is 5.75 Å². The summed E-state index contributed by atoms with van der Waals surface area (Å²) in [6.07, 6.45) is 2.02. The van der Waals surface area contributed by atoms with Gasteiger partial charge in [0.15, 0.2) is 15.1 Å². The highest BCUT2D eigenvalue weighted by molar-refractivity contribution is 8.00. The topological polar surface area (TPSA) is 395 Å². The van der Waals surface area contributed by atoms with Crippen LogP contribution in [-0.4, -0.2) is 146 Å². The van der Waals surface area contributed by atoms with E-state index in [4.69, 9.17) is 21.4 Å². The quantitative estimate of drug-likeness (QED) is 0.0159. The number of benzene rings is 1. The minimum absolute atomic E-state index is 0.113. The number of unbranched alkanes of at least 4 members (excludes halogenated alkanes) is 2. The molecule has 7 atom stereocenters. The van der Waals surface area contributed by atoms with Crippen molar-refractivity contribution in [1.82, 2.24) is 48.0 Å². The zero-order valence-corrected chi connectivity index (χ0v) is 38.1. The number of nitrogens with two attached hydrogens (primary N) is 2. The molecular weight excluding hydrogens is 911 g/mol. The fourth-order valence-corrected chi connectivity index (χ4v) is 9.95. The molecule has 25 nitrogen and oxygen atoms in total. The number of fused-ring (bicyclic) bond motifs is 1. The highest BCUT2D eigenvalue weighted by atomic mass is 32.2. The number of primary amides is 2. The highest BCUT2D eigenvalue weighted by Crippen LogP contribution is 2.33. The third kappa shape index (κ3) is 17.6. The zero-order chi connectivity index (χ0) is 49.0. The van der Waals surface area contributed by atoms with Crippen molar-refractivity contribution in [3.63, 3.8) is 0 Å². The summed E-state index contributed by atoms with van der Waals surface area (Å²) >= 11 is 1.81. The van der Waals surface area contributed by atoms with Gasteiger partial charge in [-0.15, -0.1) is 0 Å². The van der Waals surface area contributed by atoms with Crippen molar-refractivity contribution in [1.29, 1.82) is 0 Å². The smallest absolute Gasteiger partial charge is 0.315 e. The van der Waals surface area contributed by atoms with Gasteiger partial charge in [-0.1, -0.05) is 6.42 Å². The summed E-state index contributed by atoms with van der Waals surface area (Å²) in [7, 11) is -3.26. The lowest BCUT2D eigenvalue weighted by Gasteiger charge is -2.23. The average Bonchev–Trinajstić information content (AvgIpc) is 3.84. The van der Waals surface area contributed by atoms with Crippen molar-refractivity contribution in [3.8, 4) is 5.75 Å². The van der Waals surface area contributed by atoms with Crippen molar-refractivity contribution in [2.24, 2.45) is 11.5 Å². The Balaban J connectivity index is 1.40. The fourth-order valence-electron chi connectivity index (χ4n) is 6.84. The maximum Gasteiger partial charge on any atom is 0.315 e. The molecule has 0 bridgehead atoms. The van der Waals surface area contributed by atoms with Crippen molar-refractivity contribution >= 4 is 80.8 Å². The van der Waals surface area contributed by atoms with Crippen molar-refractivity contribution in [3.05, 3.63) is 24.3 Å². The lowest BCUT2D eigenvalue weighted by atomic mass is 10.0. The Morgan fingerprint density at radius 1 is 0.788 bits per heavy atom. The van der Waals surface area contributed by atoms with Crippen LogP contribution < -0.4 is 64.2 Å². The molecule has 0 saturated carbocycles. The first kappa shape index (κ1) is 54.1. The third-order valence-electron chi connectivity index (χ3n) is 10.5. The lowest BCUT2D eigenvalue weighted by Crippen LogP contribution is -2.55. The van der Waals surface area contributed by atoms with Crippen molar-refractivity contribution in [2.75, 3.05) is 32.5 Å². The van der Waals surface area contributed by atoms with E-state index in [9.17, 15) is 56.4 Å². The van der Waals surface area contributed by atoms with Gasteiger partial charge in [0.05, 0.1) is 43.6 Å². The van der Waals surface area contributed by atoms with Crippen LogP contribution in [0.15, 0.2) is 29.2 Å². The number of urea groups is 1. The molecule has 366 valence electrons. The summed E-state index contributed by atoms with van der Waals surface area (Å²) in [4.78, 5) is 123. The first-order valence-corrected chi connectivity index (χ1v) is 23.6. The number of hydroxylamine groups is 1. The van der Waals surface area contributed by atoms with Crippen LogP contribution in [0.25, 0.3) is 0 Å². The molecule has 3 rings (SSSR count). The molecule has 2 aliphatic heterocycles. The number of methoxy groups -OCH3 is 1. The summed E-state index contributed by atoms with van der Waals surface area (Å²) in [5, 5.41) is 27.2. The maximum absolute atomic E-state index is 13.4. The number of nitrogens with one attached hydrogen (secondary N) is 9. The summed E-state index contributed by atoms with van der Waals surface area (Å²) < 4.78 is 31.8. The lowest BCUT2D eigenvalue weighted by molar-refractivity contribution is -0.134. The molecule has 2 aliphatic rings. The molecule has 14 N–H and O–H groups in total. The number of carbonyl (C=O) groups excluding carboxylic acids is 10. The first-order valence-electron chi connectivity index (χ1n) is 21.0. The van der Waals surface area contributed by atoms with E-state index in [1.807, 2.05) is 11.8 Å². The van der Waals surface area contributed by atoms with Gasteiger partial charge in [0, 0.05) is 30.4 Å². The highest BCUT2D eigenvalue weighted by Gasteiger charge is 2.42.